The summed E-state index contributed by atoms with van der Waals surface area (Å²) in [4.78, 5) is 34.9. The molecule has 0 radical (unpaired) electrons. The van der Waals surface area contributed by atoms with Crippen LogP contribution >= 0.6 is 11.3 Å². The maximum Gasteiger partial charge on any atom is 0.278 e. The van der Waals surface area contributed by atoms with Crippen LogP contribution in [0.4, 0.5) is 5.69 Å². The van der Waals surface area contributed by atoms with Gasteiger partial charge in [-0.1, -0.05) is 30.3 Å². The second-order valence-electron chi connectivity index (χ2n) is 7.85. The second kappa shape index (κ2) is 9.98. The number of benzene rings is 2. The Hall–Kier alpha value is -3.83. The lowest BCUT2D eigenvalue weighted by Crippen LogP contribution is -2.46. The highest BCUT2D eigenvalue weighted by Crippen LogP contribution is 2.35. The van der Waals surface area contributed by atoms with Crippen LogP contribution < -0.4 is 14.4 Å². The molecule has 1 saturated heterocycles. The average molecular weight is 476 g/mol. The molecular weight excluding hydrogens is 450 g/mol. The molecule has 2 heterocycles. The number of thiazole rings is 1. The van der Waals surface area contributed by atoms with Gasteiger partial charge < -0.3 is 14.4 Å². The van der Waals surface area contributed by atoms with Crippen LogP contribution in [0, 0.1) is 12.3 Å². The van der Waals surface area contributed by atoms with Crippen LogP contribution in [0.5, 0.6) is 11.5 Å². The fourth-order valence-electron chi connectivity index (χ4n) is 4.15. The Morgan fingerprint density at radius 3 is 2.47 bits per heavy atom. The molecule has 2 aromatic carbocycles. The van der Waals surface area contributed by atoms with Crippen molar-refractivity contribution in [2.45, 2.75) is 25.4 Å². The largest absolute Gasteiger partial charge is 0.497 e. The van der Waals surface area contributed by atoms with Crippen molar-refractivity contribution < 1.29 is 19.1 Å². The minimum atomic E-state index is -0.702. The molecule has 174 valence electrons. The zero-order valence-electron chi connectivity index (χ0n) is 19.2. The van der Waals surface area contributed by atoms with Gasteiger partial charge >= 0.3 is 0 Å². The Bertz CT molecular complexity index is 1210. The first kappa shape index (κ1) is 23.3. The van der Waals surface area contributed by atoms with Gasteiger partial charge in [-0.05, 0) is 24.8 Å². The van der Waals surface area contributed by atoms with E-state index in [0.29, 0.717) is 35.2 Å². The maximum atomic E-state index is 13.7. The highest BCUT2D eigenvalue weighted by molar-refractivity contribution is 7.10. The summed E-state index contributed by atoms with van der Waals surface area (Å²) in [7, 11) is 3.07. The maximum absolute atomic E-state index is 13.7. The van der Waals surface area contributed by atoms with Crippen molar-refractivity contribution in [3.8, 4) is 23.8 Å². The third-order valence-electron chi connectivity index (χ3n) is 5.95. The number of likely N-dealkylation sites (tertiary alicyclic amines) is 1. The Kier molecular flexibility index (Phi) is 6.85. The number of hydrogen-bond donors (Lipinski definition) is 0. The zero-order chi connectivity index (χ0) is 24.2. The van der Waals surface area contributed by atoms with Crippen molar-refractivity contribution in [1.82, 2.24) is 9.88 Å². The highest BCUT2D eigenvalue weighted by atomic mass is 32.1. The van der Waals surface area contributed by atoms with E-state index in [1.54, 1.807) is 23.6 Å². The molecule has 2 unspecified atom stereocenters. The molecule has 4 rings (SSSR count). The molecule has 3 aromatic rings. The number of rotatable bonds is 7. The van der Waals surface area contributed by atoms with E-state index in [-0.39, 0.29) is 17.6 Å². The molecule has 1 fully saturated rings. The summed E-state index contributed by atoms with van der Waals surface area (Å²) in [5.74, 6) is 2.95. The minimum absolute atomic E-state index is 0.122. The Morgan fingerprint density at radius 2 is 1.88 bits per heavy atom. The lowest BCUT2D eigenvalue weighted by Gasteiger charge is -2.30. The van der Waals surface area contributed by atoms with Gasteiger partial charge in [-0.3, -0.25) is 14.5 Å². The quantitative estimate of drug-likeness (QED) is 0.480. The predicted molar refractivity (Wildman–Crippen MR) is 131 cm³/mol. The number of nitrogens with zero attached hydrogens (tertiary/aromatic N) is 3. The van der Waals surface area contributed by atoms with Crippen LogP contribution in [0.15, 0.2) is 53.9 Å². The van der Waals surface area contributed by atoms with E-state index in [0.717, 1.165) is 5.56 Å². The molecule has 7 nitrogen and oxygen atoms in total. The molecule has 0 bridgehead atoms. The second-order valence-corrected chi connectivity index (χ2v) is 8.71. The molecule has 0 N–H and O–H groups in total. The lowest BCUT2D eigenvalue weighted by molar-refractivity contribution is -0.130. The molecular formula is C26H25N3O4S. The summed E-state index contributed by atoms with van der Waals surface area (Å²) < 4.78 is 10.8. The topological polar surface area (TPSA) is 72.0 Å². The molecule has 1 aromatic heterocycles. The van der Waals surface area contributed by atoms with E-state index in [4.69, 9.17) is 15.9 Å². The Balaban J connectivity index is 1.73. The van der Waals surface area contributed by atoms with Gasteiger partial charge in [-0.15, -0.1) is 17.8 Å². The first-order chi connectivity index (χ1) is 16.5. The zero-order valence-corrected chi connectivity index (χ0v) is 20.0. The van der Waals surface area contributed by atoms with Gasteiger partial charge in [0.15, 0.2) is 5.01 Å². The molecule has 0 aliphatic carbocycles. The average Bonchev–Trinajstić information content (AvgIpc) is 3.51. The van der Waals surface area contributed by atoms with Crippen LogP contribution in [-0.4, -0.2) is 48.5 Å². The fourth-order valence-corrected chi connectivity index (χ4v) is 4.75. The third-order valence-corrected chi connectivity index (χ3v) is 6.73. The summed E-state index contributed by atoms with van der Waals surface area (Å²) in [5.41, 5.74) is 1.72. The Morgan fingerprint density at radius 1 is 1.21 bits per heavy atom. The Labute approximate surface area is 202 Å². The van der Waals surface area contributed by atoms with Gasteiger partial charge in [0, 0.05) is 30.1 Å². The van der Waals surface area contributed by atoms with Crippen molar-refractivity contribution in [3.63, 3.8) is 0 Å². The van der Waals surface area contributed by atoms with Gasteiger partial charge in [0.2, 0.25) is 5.91 Å². The van der Waals surface area contributed by atoms with Crippen molar-refractivity contribution >= 4 is 28.8 Å². The van der Waals surface area contributed by atoms with Gasteiger partial charge in [0.25, 0.3) is 5.91 Å². The molecule has 1 aliphatic rings. The fraction of sp³-hybridized carbons (Fsp3) is 0.269. The smallest absolute Gasteiger partial charge is 0.278 e. The van der Waals surface area contributed by atoms with Gasteiger partial charge in [-0.2, -0.15) is 0 Å². The van der Waals surface area contributed by atoms with E-state index in [2.05, 4.69) is 10.9 Å². The first-order valence-electron chi connectivity index (χ1n) is 10.8. The number of methoxy groups -OCH3 is 2. The number of hydrogen-bond acceptors (Lipinski definition) is 6. The van der Waals surface area contributed by atoms with Crippen molar-refractivity contribution in [3.05, 3.63) is 70.2 Å². The molecule has 0 saturated carbocycles. The van der Waals surface area contributed by atoms with Crippen molar-refractivity contribution in [1.29, 1.82) is 0 Å². The number of aromatic nitrogens is 1. The summed E-state index contributed by atoms with van der Waals surface area (Å²) in [6, 6.07) is 14.2. The van der Waals surface area contributed by atoms with E-state index in [1.165, 1.54) is 30.5 Å². The van der Waals surface area contributed by atoms with Gasteiger partial charge in [-0.25, -0.2) is 4.98 Å². The molecule has 8 heteroatoms. The van der Waals surface area contributed by atoms with Crippen LogP contribution in [0.1, 0.15) is 40.4 Å². The van der Waals surface area contributed by atoms with Crippen LogP contribution in [0.2, 0.25) is 0 Å². The number of terminal acetylenes is 1. The SMILES string of the molecule is C#Cc1nc(C(=O)N(c2cc(OC)cc(OC)c2)C2CCN(C(C)c3ccccc3)C2=O)cs1. The molecule has 34 heavy (non-hydrogen) atoms. The summed E-state index contributed by atoms with van der Waals surface area (Å²) in [6.45, 7) is 2.52. The lowest BCUT2D eigenvalue weighted by atomic mass is 10.1. The van der Waals surface area contributed by atoms with Crippen molar-refractivity contribution in [2.75, 3.05) is 25.7 Å². The van der Waals surface area contributed by atoms with Crippen LogP contribution in [-0.2, 0) is 4.79 Å². The van der Waals surface area contributed by atoms with Gasteiger partial charge in [0.1, 0.15) is 23.2 Å². The molecule has 2 amide bonds. The summed E-state index contributed by atoms with van der Waals surface area (Å²) in [5, 5.41) is 2.02. The molecule has 2 atom stereocenters. The van der Waals surface area contributed by atoms with E-state index < -0.39 is 11.9 Å². The van der Waals surface area contributed by atoms with Gasteiger partial charge in [0.05, 0.1) is 25.9 Å². The normalized spacial score (nSPS) is 16.1. The minimum Gasteiger partial charge on any atom is -0.497 e. The van der Waals surface area contributed by atoms with E-state index >= 15 is 0 Å². The van der Waals surface area contributed by atoms with Crippen molar-refractivity contribution in [2.24, 2.45) is 0 Å². The van der Waals surface area contributed by atoms with E-state index in [1.807, 2.05) is 42.2 Å². The molecule has 0 spiro atoms. The highest BCUT2D eigenvalue weighted by Gasteiger charge is 2.42. The monoisotopic (exact) mass is 475 g/mol. The van der Waals surface area contributed by atoms with Crippen LogP contribution in [0.3, 0.4) is 0 Å². The summed E-state index contributed by atoms with van der Waals surface area (Å²) >= 11 is 1.21. The molecule has 1 aliphatic heterocycles. The number of ether oxygens (including phenoxy) is 2. The number of anilines is 1. The number of carbonyl (C=O) groups excluding carboxylic acids is 2. The number of carbonyl (C=O) groups is 2. The summed E-state index contributed by atoms with van der Waals surface area (Å²) in [6.07, 6.45) is 5.94. The van der Waals surface area contributed by atoms with E-state index in [9.17, 15) is 9.59 Å². The number of amides is 2. The first-order valence-corrected chi connectivity index (χ1v) is 11.7. The third kappa shape index (κ3) is 4.47. The predicted octanol–water partition coefficient (Wildman–Crippen LogP) is 4.15. The van der Waals surface area contributed by atoms with Crippen LogP contribution in [0.25, 0.3) is 0 Å². The standard InChI is InChI=1S/C26H25N3O4S/c1-5-24-27-22(16-34-24)25(30)29(19-13-20(32-3)15-21(14-19)33-4)23-11-12-28(26(23)31)17(2)18-9-7-6-8-10-18/h1,6-10,13-17,23H,11-12H2,2-4H3.